The topological polar surface area (TPSA) is 63.8 Å². The van der Waals surface area contributed by atoms with Crippen molar-refractivity contribution in [2.75, 3.05) is 7.11 Å². The number of carboxylic acids is 1. The molecule has 1 N–H and O–H groups in total. The second-order valence-corrected chi connectivity index (χ2v) is 4.79. The number of ether oxygens (including phenoxy) is 1. The van der Waals surface area contributed by atoms with Crippen LogP contribution in [-0.2, 0) is 0 Å². The number of imidazole rings is 1. The molecule has 0 aliphatic rings. The SMILES string of the molecule is COc1ccc(-c2nc(Cl)c3cc(C(=O)O)ccn23)cc1. The zero-order valence-electron chi connectivity index (χ0n) is 11.1. The third-order valence-corrected chi connectivity index (χ3v) is 3.47. The van der Waals surface area contributed by atoms with Gasteiger partial charge in [0.05, 0.1) is 18.2 Å². The molecule has 0 saturated carbocycles. The van der Waals surface area contributed by atoms with Gasteiger partial charge in [-0.2, -0.15) is 0 Å². The first-order valence-corrected chi connectivity index (χ1v) is 6.53. The molecule has 6 heteroatoms. The van der Waals surface area contributed by atoms with E-state index in [-0.39, 0.29) is 10.7 Å². The van der Waals surface area contributed by atoms with Crippen LogP contribution in [0.1, 0.15) is 10.4 Å². The first-order valence-electron chi connectivity index (χ1n) is 6.15. The van der Waals surface area contributed by atoms with E-state index in [9.17, 15) is 4.79 Å². The first-order chi connectivity index (χ1) is 10.1. The van der Waals surface area contributed by atoms with Crippen LogP contribution in [0.3, 0.4) is 0 Å². The zero-order chi connectivity index (χ0) is 15.0. The van der Waals surface area contributed by atoms with Crippen molar-refractivity contribution < 1.29 is 14.6 Å². The molecule has 0 fully saturated rings. The Hall–Kier alpha value is -2.53. The van der Waals surface area contributed by atoms with E-state index in [1.807, 2.05) is 24.3 Å². The second kappa shape index (κ2) is 5.10. The van der Waals surface area contributed by atoms with Crippen molar-refractivity contribution in [3.63, 3.8) is 0 Å². The fourth-order valence-corrected chi connectivity index (χ4v) is 2.35. The number of carboxylic acid groups (broad SMARTS) is 1. The monoisotopic (exact) mass is 302 g/mol. The van der Waals surface area contributed by atoms with Gasteiger partial charge in [0.1, 0.15) is 11.6 Å². The number of halogens is 1. The van der Waals surface area contributed by atoms with Crippen LogP contribution in [-0.4, -0.2) is 27.6 Å². The van der Waals surface area contributed by atoms with E-state index in [1.165, 1.54) is 12.1 Å². The fourth-order valence-electron chi connectivity index (χ4n) is 2.12. The summed E-state index contributed by atoms with van der Waals surface area (Å²) in [5.74, 6) is 0.397. The maximum absolute atomic E-state index is 11.0. The van der Waals surface area contributed by atoms with Crippen molar-refractivity contribution in [3.8, 4) is 17.1 Å². The number of aromatic carboxylic acids is 1. The lowest BCUT2D eigenvalue weighted by atomic mass is 10.2. The minimum Gasteiger partial charge on any atom is -0.497 e. The lowest BCUT2D eigenvalue weighted by Crippen LogP contribution is -1.98. The minimum absolute atomic E-state index is 0.172. The number of carbonyl (C=O) groups is 1. The van der Waals surface area contributed by atoms with Crippen LogP contribution in [0, 0.1) is 0 Å². The number of nitrogens with zero attached hydrogens (tertiary/aromatic N) is 2. The van der Waals surface area contributed by atoms with Crippen molar-refractivity contribution in [2.24, 2.45) is 0 Å². The van der Waals surface area contributed by atoms with Crippen molar-refractivity contribution >= 4 is 23.1 Å². The van der Waals surface area contributed by atoms with Gasteiger partial charge in [-0.3, -0.25) is 4.40 Å². The predicted molar refractivity (Wildman–Crippen MR) is 79.1 cm³/mol. The molecule has 2 heterocycles. The molecule has 0 spiro atoms. The number of methoxy groups -OCH3 is 1. The van der Waals surface area contributed by atoms with Gasteiger partial charge < -0.3 is 9.84 Å². The third kappa shape index (κ3) is 2.32. The number of rotatable bonds is 3. The summed E-state index contributed by atoms with van der Waals surface area (Å²) in [6.07, 6.45) is 1.65. The lowest BCUT2D eigenvalue weighted by Gasteiger charge is -2.04. The third-order valence-electron chi connectivity index (χ3n) is 3.19. The molecule has 0 radical (unpaired) electrons. The quantitative estimate of drug-likeness (QED) is 0.805. The molecule has 3 rings (SSSR count). The van der Waals surface area contributed by atoms with Crippen LogP contribution in [0.2, 0.25) is 5.15 Å². The van der Waals surface area contributed by atoms with Crippen molar-refractivity contribution in [1.29, 1.82) is 0 Å². The molecule has 0 bridgehead atoms. The Morgan fingerprint density at radius 1 is 1.29 bits per heavy atom. The van der Waals surface area contributed by atoms with E-state index in [0.717, 1.165) is 11.3 Å². The van der Waals surface area contributed by atoms with E-state index in [0.29, 0.717) is 11.3 Å². The number of benzene rings is 1. The molecule has 0 aliphatic carbocycles. The Morgan fingerprint density at radius 3 is 2.62 bits per heavy atom. The summed E-state index contributed by atoms with van der Waals surface area (Å²) < 4.78 is 6.88. The van der Waals surface area contributed by atoms with Crippen LogP contribution in [0.5, 0.6) is 5.75 Å². The summed E-state index contributed by atoms with van der Waals surface area (Å²) in [6, 6.07) is 10.4. The van der Waals surface area contributed by atoms with E-state index in [2.05, 4.69) is 4.98 Å². The first kappa shape index (κ1) is 13.5. The normalized spacial score (nSPS) is 10.8. The van der Waals surface area contributed by atoms with Crippen LogP contribution >= 0.6 is 11.6 Å². The Balaban J connectivity index is 2.16. The number of pyridine rings is 1. The maximum Gasteiger partial charge on any atom is 0.335 e. The molecule has 0 aliphatic heterocycles. The second-order valence-electron chi connectivity index (χ2n) is 4.43. The van der Waals surface area contributed by atoms with Gasteiger partial charge in [-0.05, 0) is 36.4 Å². The summed E-state index contributed by atoms with van der Waals surface area (Å²) in [6.45, 7) is 0. The number of fused-ring (bicyclic) bond motifs is 1. The predicted octanol–water partition coefficient (Wildman–Crippen LogP) is 3.36. The molecule has 0 amide bonds. The van der Waals surface area contributed by atoms with Crippen molar-refractivity contribution in [1.82, 2.24) is 9.38 Å². The summed E-state index contributed by atoms with van der Waals surface area (Å²) in [4.78, 5) is 15.3. The van der Waals surface area contributed by atoms with Crippen LogP contribution < -0.4 is 4.74 Å². The Kier molecular flexibility index (Phi) is 3.27. The molecule has 5 nitrogen and oxygen atoms in total. The number of aromatic nitrogens is 2. The van der Waals surface area contributed by atoms with E-state index < -0.39 is 5.97 Å². The van der Waals surface area contributed by atoms with Crippen molar-refractivity contribution in [2.45, 2.75) is 0 Å². The molecule has 21 heavy (non-hydrogen) atoms. The average Bonchev–Trinajstić information content (AvgIpc) is 2.84. The van der Waals surface area contributed by atoms with E-state index >= 15 is 0 Å². The molecule has 3 aromatic rings. The summed E-state index contributed by atoms with van der Waals surface area (Å²) in [5.41, 5.74) is 1.59. The molecule has 1 aromatic carbocycles. The summed E-state index contributed by atoms with van der Waals surface area (Å²) in [7, 11) is 1.60. The number of hydrogen-bond acceptors (Lipinski definition) is 3. The highest BCUT2D eigenvalue weighted by atomic mass is 35.5. The van der Waals surface area contributed by atoms with Gasteiger partial charge >= 0.3 is 5.97 Å². The van der Waals surface area contributed by atoms with Gasteiger partial charge in [0.2, 0.25) is 0 Å². The minimum atomic E-state index is -0.999. The summed E-state index contributed by atoms with van der Waals surface area (Å²) >= 11 is 6.11. The molecule has 2 aromatic heterocycles. The standard InChI is InChI=1S/C15H11ClN2O3/c1-21-11-4-2-9(3-5-11)14-17-13(16)12-8-10(15(19)20)6-7-18(12)14/h2-8H,1H3,(H,19,20). The van der Waals surface area contributed by atoms with Crippen LogP contribution in [0.25, 0.3) is 16.9 Å². The Labute approximate surface area is 125 Å². The molecule has 0 unspecified atom stereocenters. The molecular weight excluding hydrogens is 292 g/mol. The highest BCUT2D eigenvalue weighted by Gasteiger charge is 2.13. The van der Waals surface area contributed by atoms with Gasteiger partial charge in [-0.1, -0.05) is 11.6 Å². The van der Waals surface area contributed by atoms with Gasteiger partial charge in [0.25, 0.3) is 0 Å². The molecule has 106 valence electrons. The van der Waals surface area contributed by atoms with E-state index in [4.69, 9.17) is 21.4 Å². The van der Waals surface area contributed by atoms with E-state index in [1.54, 1.807) is 17.7 Å². The van der Waals surface area contributed by atoms with Crippen molar-refractivity contribution in [3.05, 3.63) is 53.3 Å². The Bertz CT molecular complexity index is 825. The molecule has 0 saturated heterocycles. The van der Waals surface area contributed by atoms with Gasteiger partial charge in [0.15, 0.2) is 5.15 Å². The van der Waals surface area contributed by atoms with Crippen LogP contribution in [0.4, 0.5) is 0 Å². The number of hydrogen-bond donors (Lipinski definition) is 1. The smallest absolute Gasteiger partial charge is 0.335 e. The Morgan fingerprint density at radius 2 is 2.00 bits per heavy atom. The largest absolute Gasteiger partial charge is 0.497 e. The molecule has 0 atom stereocenters. The highest BCUT2D eigenvalue weighted by molar-refractivity contribution is 6.33. The van der Waals surface area contributed by atoms with Crippen LogP contribution in [0.15, 0.2) is 42.6 Å². The summed E-state index contributed by atoms with van der Waals surface area (Å²) in [5, 5.41) is 9.30. The zero-order valence-corrected chi connectivity index (χ0v) is 11.8. The van der Waals surface area contributed by atoms with Gasteiger partial charge in [-0.25, -0.2) is 9.78 Å². The maximum atomic E-state index is 11.0. The molecular formula is C15H11ClN2O3. The van der Waals surface area contributed by atoms with Gasteiger partial charge in [0, 0.05) is 11.8 Å². The van der Waals surface area contributed by atoms with Gasteiger partial charge in [-0.15, -0.1) is 0 Å². The fraction of sp³-hybridized carbons (Fsp3) is 0.0667. The average molecular weight is 303 g/mol. The lowest BCUT2D eigenvalue weighted by molar-refractivity contribution is 0.0697. The highest BCUT2D eigenvalue weighted by Crippen LogP contribution is 2.27.